The van der Waals surface area contributed by atoms with Crippen molar-refractivity contribution in [3.05, 3.63) is 30.5 Å². The Morgan fingerprint density at radius 2 is 2.17 bits per heavy atom. The number of carbonyl (C=O) groups is 2. The zero-order valence-corrected chi connectivity index (χ0v) is 14.6. The molecule has 1 heterocycles. The summed E-state index contributed by atoms with van der Waals surface area (Å²) in [6.07, 6.45) is 4.45. The van der Waals surface area contributed by atoms with Gasteiger partial charge < -0.3 is 19.7 Å². The molecule has 1 aromatic carbocycles. The van der Waals surface area contributed by atoms with E-state index in [-0.39, 0.29) is 12.3 Å². The van der Waals surface area contributed by atoms with E-state index in [0.717, 1.165) is 16.7 Å². The van der Waals surface area contributed by atoms with Crippen LogP contribution >= 0.6 is 11.8 Å². The van der Waals surface area contributed by atoms with Crippen LogP contribution in [0.4, 0.5) is 0 Å². The molecule has 0 spiro atoms. The van der Waals surface area contributed by atoms with Crippen molar-refractivity contribution in [2.75, 3.05) is 19.1 Å². The molecule has 0 unspecified atom stereocenters. The number of aliphatic carboxylic acids is 1. The van der Waals surface area contributed by atoms with Crippen LogP contribution in [0.15, 0.2) is 30.5 Å². The molecule has 1 amide bonds. The average molecular weight is 350 g/mol. The third kappa shape index (κ3) is 4.44. The zero-order valence-electron chi connectivity index (χ0n) is 13.8. The van der Waals surface area contributed by atoms with Crippen LogP contribution in [0.25, 0.3) is 10.9 Å². The van der Waals surface area contributed by atoms with E-state index in [0.29, 0.717) is 18.7 Å². The van der Waals surface area contributed by atoms with Gasteiger partial charge in [-0.3, -0.25) is 4.79 Å². The minimum Gasteiger partial charge on any atom is -0.495 e. The number of para-hydroxylation sites is 1. The van der Waals surface area contributed by atoms with Crippen molar-refractivity contribution in [2.45, 2.75) is 25.4 Å². The lowest BCUT2D eigenvalue weighted by atomic mass is 10.2. The Morgan fingerprint density at radius 3 is 2.83 bits per heavy atom. The minimum absolute atomic E-state index is 0.213. The van der Waals surface area contributed by atoms with Gasteiger partial charge >= 0.3 is 5.97 Å². The van der Waals surface area contributed by atoms with Crippen molar-refractivity contribution < 1.29 is 19.4 Å². The van der Waals surface area contributed by atoms with Crippen LogP contribution in [-0.2, 0) is 16.1 Å². The highest BCUT2D eigenvalue weighted by molar-refractivity contribution is 7.98. The molecule has 2 N–H and O–H groups in total. The molecule has 0 bridgehead atoms. The number of thioether (sulfide) groups is 1. The molecule has 0 aliphatic carbocycles. The highest BCUT2D eigenvalue weighted by Crippen LogP contribution is 2.26. The van der Waals surface area contributed by atoms with E-state index in [9.17, 15) is 9.59 Å². The maximum Gasteiger partial charge on any atom is 0.326 e. The molecule has 7 heteroatoms. The molecule has 2 rings (SSSR count). The molecule has 0 radical (unpaired) electrons. The van der Waals surface area contributed by atoms with Crippen molar-refractivity contribution in [3.63, 3.8) is 0 Å². The zero-order chi connectivity index (χ0) is 17.5. The Balaban J connectivity index is 2.00. The van der Waals surface area contributed by atoms with E-state index in [4.69, 9.17) is 9.84 Å². The summed E-state index contributed by atoms with van der Waals surface area (Å²) >= 11 is 1.56. The number of amides is 1. The minimum atomic E-state index is -0.995. The fourth-order valence-corrected chi connectivity index (χ4v) is 3.03. The summed E-state index contributed by atoms with van der Waals surface area (Å²) in [5.41, 5.74) is 0.935. The molecule has 1 atom stereocenters. The Labute approximate surface area is 145 Å². The number of carboxylic acids is 1. The normalized spacial score (nSPS) is 12.1. The number of aromatic nitrogens is 1. The second-order valence-electron chi connectivity index (χ2n) is 5.40. The lowest BCUT2D eigenvalue weighted by Crippen LogP contribution is -2.41. The molecule has 130 valence electrons. The summed E-state index contributed by atoms with van der Waals surface area (Å²) in [5, 5.41) is 12.8. The first kappa shape index (κ1) is 18.2. The number of carbonyl (C=O) groups excluding carboxylic acids is 1. The predicted molar refractivity (Wildman–Crippen MR) is 95.7 cm³/mol. The number of carboxylic acid groups (broad SMARTS) is 1. The van der Waals surface area contributed by atoms with Crippen molar-refractivity contribution >= 4 is 34.5 Å². The molecule has 0 saturated carbocycles. The second kappa shape index (κ2) is 8.63. The average Bonchev–Trinajstić information content (AvgIpc) is 2.99. The number of rotatable bonds is 9. The summed E-state index contributed by atoms with van der Waals surface area (Å²) in [6.45, 7) is 0.463. The first-order chi connectivity index (χ1) is 11.6. The number of ether oxygens (including phenoxy) is 1. The number of fused-ring (bicyclic) bond motifs is 1. The molecule has 1 aromatic heterocycles. The Bertz CT molecular complexity index is 714. The van der Waals surface area contributed by atoms with Crippen LogP contribution in [-0.4, -0.2) is 46.7 Å². The van der Waals surface area contributed by atoms with Gasteiger partial charge in [0.15, 0.2) is 0 Å². The summed E-state index contributed by atoms with van der Waals surface area (Å²) < 4.78 is 7.32. The van der Waals surface area contributed by atoms with E-state index >= 15 is 0 Å². The predicted octanol–water partition coefficient (Wildman–Crippen LogP) is 2.36. The lowest BCUT2D eigenvalue weighted by molar-refractivity contribution is -0.141. The van der Waals surface area contributed by atoms with E-state index in [2.05, 4.69) is 5.32 Å². The molecule has 6 nitrogen and oxygen atoms in total. The van der Waals surface area contributed by atoms with Crippen LogP contribution in [0.1, 0.15) is 12.8 Å². The summed E-state index contributed by atoms with van der Waals surface area (Å²) in [4.78, 5) is 23.3. The number of nitrogens with one attached hydrogen (secondary N) is 1. The Morgan fingerprint density at radius 1 is 1.38 bits per heavy atom. The van der Waals surface area contributed by atoms with Crippen LogP contribution in [0.2, 0.25) is 0 Å². The number of hydrogen-bond donors (Lipinski definition) is 2. The molecule has 0 aliphatic heterocycles. The highest BCUT2D eigenvalue weighted by atomic mass is 32.2. The monoisotopic (exact) mass is 350 g/mol. The Kier molecular flexibility index (Phi) is 6.54. The van der Waals surface area contributed by atoms with Crippen molar-refractivity contribution in [3.8, 4) is 5.75 Å². The topological polar surface area (TPSA) is 80.6 Å². The fourth-order valence-electron chi connectivity index (χ4n) is 2.56. The van der Waals surface area contributed by atoms with E-state index in [1.54, 1.807) is 18.9 Å². The number of methoxy groups -OCH3 is 1. The number of hydrogen-bond acceptors (Lipinski definition) is 4. The fraction of sp³-hybridized carbons (Fsp3) is 0.412. The lowest BCUT2D eigenvalue weighted by Gasteiger charge is -2.14. The van der Waals surface area contributed by atoms with E-state index in [1.165, 1.54) is 0 Å². The van der Waals surface area contributed by atoms with Gasteiger partial charge in [0.1, 0.15) is 11.8 Å². The van der Waals surface area contributed by atoms with Crippen LogP contribution in [0.5, 0.6) is 5.75 Å². The van der Waals surface area contributed by atoms with Gasteiger partial charge in [-0.05, 0) is 30.6 Å². The largest absolute Gasteiger partial charge is 0.495 e. The van der Waals surface area contributed by atoms with Crippen LogP contribution < -0.4 is 10.1 Å². The quantitative estimate of drug-likeness (QED) is 0.726. The summed E-state index contributed by atoms with van der Waals surface area (Å²) in [6, 6.07) is 6.91. The van der Waals surface area contributed by atoms with Gasteiger partial charge in [-0.1, -0.05) is 12.1 Å². The first-order valence-corrected chi connectivity index (χ1v) is 9.09. The van der Waals surface area contributed by atoms with Crippen LogP contribution in [0.3, 0.4) is 0 Å². The maximum absolute atomic E-state index is 12.1. The van der Waals surface area contributed by atoms with Gasteiger partial charge in [0.25, 0.3) is 0 Å². The van der Waals surface area contributed by atoms with Crippen molar-refractivity contribution in [1.82, 2.24) is 9.88 Å². The van der Waals surface area contributed by atoms with Crippen molar-refractivity contribution in [1.29, 1.82) is 0 Å². The number of nitrogens with zero attached hydrogens (tertiary/aromatic N) is 1. The summed E-state index contributed by atoms with van der Waals surface area (Å²) in [5.74, 6) is 0.184. The molecular weight excluding hydrogens is 328 g/mol. The molecule has 24 heavy (non-hydrogen) atoms. The number of benzene rings is 1. The van der Waals surface area contributed by atoms with Gasteiger partial charge in [0.2, 0.25) is 5.91 Å². The smallest absolute Gasteiger partial charge is 0.326 e. The van der Waals surface area contributed by atoms with Gasteiger partial charge in [-0.15, -0.1) is 0 Å². The van der Waals surface area contributed by atoms with Gasteiger partial charge in [0.05, 0.1) is 12.6 Å². The Hall–Kier alpha value is -2.15. The molecule has 0 saturated heterocycles. The standard InChI is InChI=1S/C17H22N2O4S/c1-23-14-5-3-4-12-6-9-19(16(12)14)10-7-15(20)18-13(17(21)22)8-11-24-2/h3-6,9,13H,7-8,10-11H2,1-2H3,(H,18,20)(H,21,22)/t13-/m0/s1. The van der Waals surface area contributed by atoms with E-state index in [1.807, 2.05) is 41.3 Å². The number of aryl methyl sites for hydroxylation is 1. The van der Waals surface area contributed by atoms with Crippen molar-refractivity contribution in [2.24, 2.45) is 0 Å². The third-order valence-electron chi connectivity index (χ3n) is 3.80. The third-order valence-corrected chi connectivity index (χ3v) is 4.44. The van der Waals surface area contributed by atoms with Gasteiger partial charge in [0, 0.05) is 24.5 Å². The maximum atomic E-state index is 12.1. The molecule has 0 aliphatic rings. The highest BCUT2D eigenvalue weighted by Gasteiger charge is 2.19. The summed E-state index contributed by atoms with van der Waals surface area (Å²) in [7, 11) is 1.61. The molecule has 0 fully saturated rings. The van der Waals surface area contributed by atoms with Gasteiger partial charge in [-0.25, -0.2) is 4.79 Å². The van der Waals surface area contributed by atoms with Gasteiger partial charge in [-0.2, -0.15) is 11.8 Å². The first-order valence-electron chi connectivity index (χ1n) is 7.69. The van der Waals surface area contributed by atoms with Crippen LogP contribution in [0, 0.1) is 0 Å². The second-order valence-corrected chi connectivity index (χ2v) is 6.38. The molecule has 2 aromatic rings. The van der Waals surface area contributed by atoms with E-state index < -0.39 is 12.0 Å². The SMILES string of the molecule is COc1cccc2ccn(CCC(=O)N[C@@H](CCSC)C(=O)O)c12. The molecular formula is C17H22N2O4S.